The molecule has 0 saturated heterocycles. The molecule has 120 valence electrons. The number of hydrogen-bond donors (Lipinski definition) is 0. The van der Waals surface area contributed by atoms with Crippen LogP contribution in [0.4, 0.5) is 13.2 Å². The SMILES string of the molecule is CC(C)(C)S(=O)(=O)c1cccc(-c2noc(C(F)(F)F)n2)c1. The topological polar surface area (TPSA) is 73.1 Å². The number of aromatic nitrogens is 2. The van der Waals surface area contributed by atoms with Crippen LogP contribution in [0.3, 0.4) is 0 Å². The molecule has 5 nitrogen and oxygen atoms in total. The molecule has 9 heteroatoms. The van der Waals surface area contributed by atoms with E-state index in [9.17, 15) is 21.6 Å². The van der Waals surface area contributed by atoms with Gasteiger partial charge in [0.25, 0.3) is 0 Å². The molecule has 2 aromatic rings. The molecule has 0 saturated carbocycles. The third-order valence-corrected chi connectivity index (χ3v) is 5.36. The second-order valence-corrected chi connectivity index (χ2v) is 8.27. The van der Waals surface area contributed by atoms with Gasteiger partial charge in [0.15, 0.2) is 9.84 Å². The van der Waals surface area contributed by atoms with Gasteiger partial charge in [0.05, 0.1) is 9.64 Å². The van der Waals surface area contributed by atoms with Crippen LogP contribution in [-0.2, 0) is 16.0 Å². The van der Waals surface area contributed by atoms with Gasteiger partial charge in [-0.15, -0.1) is 0 Å². The maximum atomic E-state index is 12.4. The smallest absolute Gasteiger partial charge is 0.329 e. The standard InChI is InChI=1S/C13H13F3N2O3S/c1-12(2,3)22(19,20)9-6-4-5-8(7-9)10-17-11(21-18-10)13(14,15)16/h4-7H,1-3H3. The molecular weight excluding hydrogens is 321 g/mol. The molecule has 1 aromatic carbocycles. The molecule has 22 heavy (non-hydrogen) atoms. The van der Waals surface area contributed by atoms with Gasteiger partial charge in [-0.25, -0.2) is 8.42 Å². The van der Waals surface area contributed by atoms with Crippen molar-refractivity contribution in [3.63, 3.8) is 0 Å². The predicted molar refractivity (Wildman–Crippen MR) is 71.7 cm³/mol. The van der Waals surface area contributed by atoms with Crippen LogP contribution in [0.15, 0.2) is 33.7 Å². The Hall–Kier alpha value is -1.90. The molecule has 0 unspecified atom stereocenters. The van der Waals surface area contributed by atoms with Crippen LogP contribution in [0.1, 0.15) is 26.7 Å². The molecule has 0 spiro atoms. The van der Waals surface area contributed by atoms with Gasteiger partial charge < -0.3 is 4.52 Å². The maximum absolute atomic E-state index is 12.4. The summed E-state index contributed by atoms with van der Waals surface area (Å²) in [5, 5.41) is 3.24. The summed E-state index contributed by atoms with van der Waals surface area (Å²) in [6.45, 7) is 4.60. The monoisotopic (exact) mass is 334 g/mol. The highest BCUT2D eigenvalue weighted by atomic mass is 32.2. The number of halogens is 3. The van der Waals surface area contributed by atoms with Crippen LogP contribution < -0.4 is 0 Å². The highest BCUT2D eigenvalue weighted by molar-refractivity contribution is 7.92. The van der Waals surface area contributed by atoms with Crippen molar-refractivity contribution >= 4 is 9.84 Å². The minimum atomic E-state index is -4.75. The van der Waals surface area contributed by atoms with Crippen LogP contribution >= 0.6 is 0 Å². The Bertz CT molecular complexity index is 789. The summed E-state index contributed by atoms with van der Waals surface area (Å²) >= 11 is 0. The second-order valence-electron chi connectivity index (χ2n) is 5.56. The highest BCUT2D eigenvalue weighted by Gasteiger charge is 2.38. The maximum Gasteiger partial charge on any atom is 0.471 e. The summed E-state index contributed by atoms with van der Waals surface area (Å²) in [7, 11) is -3.64. The summed E-state index contributed by atoms with van der Waals surface area (Å²) in [5.41, 5.74) is 0.129. The van der Waals surface area contributed by atoms with E-state index in [4.69, 9.17) is 0 Å². The van der Waals surface area contributed by atoms with Crippen LogP contribution in [0.5, 0.6) is 0 Å². The normalized spacial score (nSPS) is 13.4. The molecule has 1 heterocycles. The van der Waals surface area contributed by atoms with Gasteiger partial charge in [0.1, 0.15) is 0 Å². The Labute approximate surface area is 125 Å². The molecule has 2 rings (SSSR count). The summed E-state index contributed by atoms with van der Waals surface area (Å²) in [6, 6.07) is 5.42. The minimum absolute atomic E-state index is 0.0177. The average Bonchev–Trinajstić information content (AvgIpc) is 2.87. The van der Waals surface area contributed by atoms with Crippen molar-refractivity contribution in [3.8, 4) is 11.4 Å². The highest BCUT2D eigenvalue weighted by Crippen LogP contribution is 2.31. The van der Waals surface area contributed by atoms with E-state index in [2.05, 4.69) is 14.7 Å². The van der Waals surface area contributed by atoms with Gasteiger partial charge in [-0.1, -0.05) is 17.3 Å². The predicted octanol–water partition coefficient (Wildman–Crippen LogP) is 3.33. The molecule has 0 bridgehead atoms. The molecule has 0 atom stereocenters. The zero-order valence-electron chi connectivity index (χ0n) is 12.0. The molecule has 1 aromatic heterocycles. The molecular formula is C13H13F3N2O3S. The zero-order valence-corrected chi connectivity index (χ0v) is 12.8. The van der Waals surface area contributed by atoms with E-state index in [1.54, 1.807) is 0 Å². The molecule has 0 aliphatic carbocycles. The summed E-state index contributed by atoms with van der Waals surface area (Å²) in [6.07, 6.45) is -4.75. The van der Waals surface area contributed by atoms with Crippen LogP contribution in [-0.4, -0.2) is 23.3 Å². The Balaban J connectivity index is 2.48. The minimum Gasteiger partial charge on any atom is -0.329 e. The van der Waals surface area contributed by atoms with Crippen LogP contribution in [0.25, 0.3) is 11.4 Å². The van der Waals surface area contributed by atoms with Gasteiger partial charge in [-0.05, 0) is 32.9 Å². The summed E-state index contributed by atoms with van der Waals surface area (Å²) in [5.74, 6) is -1.80. The first-order valence-corrected chi connectivity index (χ1v) is 7.67. The number of rotatable bonds is 2. The van der Waals surface area contributed by atoms with E-state index in [-0.39, 0.29) is 16.3 Å². The lowest BCUT2D eigenvalue weighted by Crippen LogP contribution is -2.27. The van der Waals surface area contributed by atoms with Gasteiger partial charge >= 0.3 is 12.1 Å². The van der Waals surface area contributed by atoms with Crippen molar-refractivity contribution in [3.05, 3.63) is 30.2 Å². The average molecular weight is 334 g/mol. The first-order chi connectivity index (χ1) is 9.93. The lowest BCUT2D eigenvalue weighted by atomic mass is 10.2. The van der Waals surface area contributed by atoms with E-state index < -0.39 is 26.7 Å². The van der Waals surface area contributed by atoms with E-state index >= 15 is 0 Å². The van der Waals surface area contributed by atoms with Crippen molar-refractivity contribution < 1.29 is 26.1 Å². The summed E-state index contributed by atoms with van der Waals surface area (Å²) < 4.78 is 65.2. The Morgan fingerprint density at radius 3 is 2.27 bits per heavy atom. The second kappa shape index (κ2) is 5.08. The van der Waals surface area contributed by atoms with Crippen molar-refractivity contribution in [1.29, 1.82) is 0 Å². The summed E-state index contributed by atoms with van der Waals surface area (Å²) in [4.78, 5) is 3.22. The lowest BCUT2D eigenvalue weighted by Gasteiger charge is -2.19. The number of nitrogens with zero attached hydrogens (tertiary/aromatic N) is 2. The van der Waals surface area contributed by atoms with Gasteiger partial charge in [0, 0.05) is 5.56 Å². The fourth-order valence-electron chi connectivity index (χ4n) is 1.61. The Morgan fingerprint density at radius 1 is 1.14 bits per heavy atom. The van der Waals surface area contributed by atoms with Gasteiger partial charge in [-0.3, -0.25) is 0 Å². The van der Waals surface area contributed by atoms with Crippen LogP contribution in [0.2, 0.25) is 0 Å². The molecule has 0 aliphatic heterocycles. The van der Waals surface area contributed by atoms with Crippen LogP contribution in [0, 0.1) is 0 Å². The molecule has 0 aliphatic rings. The number of hydrogen-bond acceptors (Lipinski definition) is 5. The quantitative estimate of drug-likeness (QED) is 0.842. The van der Waals surface area contributed by atoms with E-state index in [1.165, 1.54) is 45.0 Å². The Morgan fingerprint density at radius 2 is 1.77 bits per heavy atom. The first kappa shape index (κ1) is 16.5. The first-order valence-electron chi connectivity index (χ1n) is 6.19. The number of benzene rings is 1. The van der Waals surface area contributed by atoms with Crippen molar-refractivity contribution in [2.24, 2.45) is 0 Å². The van der Waals surface area contributed by atoms with Crippen molar-refractivity contribution in [2.75, 3.05) is 0 Å². The zero-order chi connectivity index (χ0) is 16.8. The molecule has 0 fully saturated rings. The van der Waals surface area contributed by atoms with E-state index in [0.29, 0.717) is 0 Å². The fourth-order valence-corrected chi connectivity index (χ4v) is 2.86. The third-order valence-electron chi connectivity index (χ3n) is 2.88. The van der Waals surface area contributed by atoms with E-state index in [0.717, 1.165) is 0 Å². The number of alkyl halides is 3. The largest absolute Gasteiger partial charge is 0.471 e. The number of sulfone groups is 1. The molecule has 0 N–H and O–H groups in total. The van der Waals surface area contributed by atoms with Crippen molar-refractivity contribution in [2.45, 2.75) is 36.6 Å². The third kappa shape index (κ3) is 2.99. The van der Waals surface area contributed by atoms with Gasteiger partial charge in [0.2, 0.25) is 5.82 Å². The van der Waals surface area contributed by atoms with Crippen molar-refractivity contribution in [1.82, 2.24) is 10.1 Å². The molecule has 0 radical (unpaired) electrons. The lowest BCUT2D eigenvalue weighted by molar-refractivity contribution is -0.159. The van der Waals surface area contributed by atoms with Gasteiger partial charge in [-0.2, -0.15) is 18.2 Å². The molecule has 0 amide bonds. The fraction of sp³-hybridized carbons (Fsp3) is 0.385. The van der Waals surface area contributed by atoms with E-state index in [1.807, 2.05) is 0 Å². The Kier molecular flexibility index (Phi) is 3.80.